The second-order valence-electron chi connectivity index (χ2n) is 10.6. The van der Waals surface area contributed by atoms with Crippen LogP contribution in [0.5, 0.6) is 11.5 Å². The Balaban J connectivity index is 1.64. The monoisotopic (exact) mass is 628 g/mol. The number of thiophene rings is 1. The first-order valence-electron chi connectivity index (χ1n) is 15.0. The number of carbonyl (C=O) groups is 3. The summed E-state index contributed by atoms with van der Waals surface area (Å²) in [6, 6.07) is 13.8. The predicted octanol–water partition coefficient (Wildman–Crippen LogP) is 6.14. The van der Waals surface area contributed by atoms with Crippen LogP contribution in [0.4, 0.5) is 5.69 Å². The van der Waals surface area contributed by atoms with E-state index in [-0.39, 0.29) is 22.5 Å². The van der Waals surface area contributed by atoms with Gasteiger partial charge in [0.1, 0.15) is 17.2 Å². The number of carboxylic acid groups (broad SMARTS) is 1. The van der Waals surface area contributed by atoms with Gasteiger partial charge >= 0.3 is 5.97 Å². The Labute approximate surface area is 265 Å². The van der Waals surface area contributed by atoms with Gasteiger partial charge in [0.2, 0.25) is 0 Å². The minimum atomic E-state index is -1.33. The fraction of sp³-hybridized carbons (Fsp3) is 0.294. The number of amides is 2. The molecule has 1 aliphatic rings. The molecule has 234 valence electrons. The number of fused-ring (bicyclic) bond motifs is 3. The molecule has 0 spiro atoms. The molecule has 0 atom stereocenters. The quantitative estimate of drug-likeness (QED) is 0.137. The van der Waals surface area contributed by atoms with Gasteiger partial charge < -0.3 is 30.9 Å². The number of aromatic carboxylic acids is 1. The highest BCUT2D eigenvalue weighted by molar-refractivity contribution is 7.13. The molecule has 1 aliphatic heterocycles. The lowest BCUT2D eigenvalue weighted by molar-refractivity contribution is 0.0691. The molecule has 2 amide bonds. The van der Waals surface area contributed by atoms with Gasteiger partial charge in [-0.05, 0) is 71.8 Å². The molecule has 3 heterocycles. The Morgan fingerprint density at radius 2 is 1.87 bits per heavy atom. The number of unbranched alkanes of at least 4 members (excludes halogenated alkanes) is 1. The van der Waals surface area contributed by atoms with E-state index in [0.717, 1.165) is 40.8 Å². The predicted molar refractivity (Wildman–Crippen MR) is 174 cm³/mol. The standard InChI is InChI=1S/C34H36N4O6S/c1-3-5-13-43-29-16-20(19-35)6-8-26(29)38-32(39)24-17-25-28(44-14-10-21-11-15-45-31(21)25)18-23(24)22-7-9-27(33(40)36-12-4-2)37-30(22)34(41)42/h6-9,11,15-18H,3-5,10,12-14,19,35H2,1-2H3,(H,36,40)(H,38,39)(H,41,42). The number of pyridine rings is 1. The first-order valence-corrected chi connectivity index (χ1v) is 15.9. The molecule has 2 aromatic carbocycles. The summed E-state index contributed by atoms with van der Waals surface area (Å²) >= 11 is 1.55. The molecule has 0 bridgehead atoms. The van der Waals surface area contributed by atoms with Crippen molar-refractivity contribution in [3.05, 3.63) is 82.0 Å². The average Bonchev–Trinajstić information content (AvgIpc) is 3.45. The van der Waals surface area contributed by atoms with Crippen LogP contribution in [0.25, 0.3) is 21.6 Å². The van der Waals surface area contributed by atoms with Crippen molar-refractivity contribution in [3.63, 3.8) is 0 Å². The summed E-state index contributed by atoms with van der Waals surface area (Å²) in [5.74, 6) is -1.26. The third kappa shape index (κ3) is 7.00. The van der Waals surface area contributed by atoms with Crippen molar-refractivity contribution < 1.29 is 29.0 Å². The molecule has 4 aromatic rings. The minimum absolute atomic E-state index is 0.0290. The maximum atomic E-state index is 14.2. The second kappa shape index (κ2) is 14.4. The van der Waals surface area contributed by atoms with Gasteiger partial charge in [0.25, 0.3) is 11.8 Å². The van der Waals surface area contributed by atoms with Gasteiger partial charge in [-0.25, -0.2) is 9.78 Å². The molecule has 0 saturated carbocycles. The van der Waals surface area contributed by atoms with Crippen molar-refractivity contribution in [2.24, 2.45) is 5.73 Å². The summed E-state index contributed by atoms with van der Waals surface area (Å²) in [5, 5.41) is 17.9. The van der Waals surface area contributed by atoms with Crippen LogP contribution in [0.1, 0.15) is 75.6 Å². The third-order valence-electron chi connectivity index (χ3n) is 7.43. The fourth-order valence-electron chi connectivity index (χ4n) is 5.05. The van der Waals surface area contributed by atoms with E-state index in [1.807, 2.05) is 30.5 Å². The molecule has 0 fully saturated rings. The Kier molecular flexibility index (Phi) is 10.1. The lowest BCUT2D eigenvalue weighted by atomic mass is 9.93. The summed E-state index contributed by atoms with van der Waals surface area (Å²) in [6.45, 7) is 5.62. The molecule has 5 rings (SSSR count). The van der Waals surface area contributed by atoms with Crippen LogP contribution < -0.4 is 25.8 Å². The van der Waals surface area contributed by atoms with E-state index in [9.17, 15) is 19.5 Å². The SMILES string of the molecule is CCCCOc1cc(CN)ccc1NC(=O)c1cc2c(cc1-c1ccc(C(=O)NCCC)nc1C(=O)O)OCCc1ccsc1-2. The highest BCUT2D eigenvalue weighted by Crippen LogP contribution is 2.43. The molecule has 0 unspecified atom stereocenters. The topological polar surface area (TPSA) is 153 Å². The van der Waals surface area contributed by atoms with E-state index in [2.05, 4.69) is 22.5 Å². The smallest absolute Gasteiger partial charge is 0.355 e. The third-order valence-corrected chi connectivity index (χ3v) is 8.42. The van der Waals surface area contributed by atoms with Crippen molar-refractivity contribution in [1.29, 1.82) is 0 Å². The van der Waals surface area contributed by atoms with Gasteiger partial charge in [-0.3, -0.25) is 9.59 Å². The average molecular weight is 629 g/mol. The number of nitrogens with two attached hydrogens (primary N) is 1. The first kappa shape index (κ1) is 31.7. The number of nitrogens with zero attached hydrogens (tertiary/aromatic N) is 1. The lowest BCUT2D eigenvalue weighted by Gasteiger charge is -2.18. The number of hydrogen-bond donors (Lipinski definition) is 4. The van der Waals surface area contributed by atoms with E-state index in [1.54, 1.807) is 29.5 Å². The summed E-state index contributed by atoms with van der Waals surface area (Å²) in [6.07, 6.45) is 3.20. The van der Waals surface area contributed by atoms with Gasteiger partial charge in [-0.15, -0.1) is 11.3 Å². The van der Waals surface area contributed by atoms with Gasteiger partial charge in [-0.1, -0.05) is 26.3 Å². The molecule has 2 aromatic heterocycles. The summed E-state index contributed by atoms with van der Waals surface area (Å²) in [7, 11) is 0. The van der Waals surface area contributed by atoms with Crippen molar-refractivity contribution in [2.75, 3.05) is 25.1 Å². The number of rotatable bonds is 12. The number of carboxylic acids is 1. The highest BCUT2D eigenvalue weighted by atomic mass is 32.1. The number of hydrogen-bond acceptors (Lipinski definition) is 8. The van der Waals surface area contributed by atoms with Gasteiger partial charge in [0.05, 0.1) is 18.9 Å². The Bertz CT molecular complexity index is 1730. The van der Waals surface area contributed by atoms with E-state index in [4.69, 9.17) is 15.2 Å². The van der Waals surface area contributed by atoms with Crippen LogP contribution >= 0.6 is 11.3 Å². The van der Waals surface area contributed by atoms with Gasteiger partial charge in [0, 0.05) is 46.6 Å². The normalized spacial score (nSPS) is 11.9. The van der Waals surface area contributed by atoms with Crippen molar-refractivity contribution >= 4 is 34.8 Å². The zero-order valence-electron chi connectivity index (χ0n) is 25.3. The summed E-state index contributed by atoms with van der Waals surface area (Å²) < 4.78 is 12.1. The van der Waals surface area contributed by atoms with E-state index < -0.39 is 17.8 Å². The maximum absolute atomic E-state index is 14.2. The molecule has 45 heavy (non-hydrogen) atoms. The number of benzene rings is 2. The number of nitrogens with one attached hydrogen (secondary N) is 2. The molecule has 0 saturated heterocycles. The Hall–Kier alpha value is -4.74. The molecule has 5 N–H and O–H groups in total. The highest BCUT2D eigenvalue weighted by Gasteiger charge is 2.27. The van der Waals surface area contributed by atoms with Crippen LogP contribution in [0.2, 0.25) is 0 Å². The van der Waals surface area contributed by atoms with Gasteiger partial charge in [-0.2, -0.15) is 0 Å². The molecule has 0 aliphatic carbocycles. The van der Waals surface area contributed by atoms with Crippen molar-refractivity contribution in [3.8, 4) is 33.1 Å². The lowest BCUT2D eigenvalue weighted by Crippen LogP contribution is -2.25. The first-order chi connectivity index (χ1) is 21.8. The fourth-order valence-corrected chi connectivity index (χ4v) is 6.03. The van der Waals surface area contributed by atoms with Crippen LogP contribution in [0.15, 0.2) is 53.9 Å². The van der Waals surface area contributed by atoms with E-state index >= 15 is 0 Å². The zero-order chi connectivity index (χ0) is 31.9. The van der Waals surface area contributed by atoms with Crippen molar-refractivity contribution in [2.45, 2.75) is 46.1 Å². The minimum Gasteiger partial charge on any atom is -0.493 e. The molecular formula is C34H36N4O6S. The zero-order valence-corrected chi connectivity index (χ0v) is 26.1. The number of anilines is 1. The summed E-state index contributed by atoms with van der Waals surface area (Å²) in [5.41, 5.74) is 9.35. The van der Waals surface area contributed by atoms with Crippen molar-refractivity contribution in [1.82, 2.24) is 10.3 Å². The molecule has 10 nitrogen and oxygen atoms in total. The summed E-state index contributed by atoms with van der Waals surface area (Å²) in [4.78, 5) is 44.5. The number of ether oxygens (including phenoxy) is 2. The van der Waals surface area contributed by atoms with Crippen LogP contribution in [0.3, 0.4) is 0 Å². The second-order valence-corrected chi connectivity index (χ2v) is 11.5. The molecule has 11 heteroatoms. The van der Waals surface area contributed by atoms with Crippen LogP contribution in [-0.4, -0.2) is 47.6 Å². The van der Waals surface area contributed by atoms with Crippen LogP contribution in [-0.2, 0) is 13.0 Å². The van der Waals surface area contributed by atoms with Crippen LogP contribution in [0, 0.1) is 0 Å². The van der Waals surface area contributed by atoms with E-state index in [0.29, 0.717) is 55.5 Å². The van der Waals surface area contributed by atoms with Gasteiger partial charge in [0.15, 0.2) is 5.69 Å². The Morgan fingerprint density at radius 3 is 2.62 bits per heavy atom. The molecule has 0 radical (unpaired) electrons. The van der Waals surface area contributed by atoms with E-state index in [1.165, 1.54) is 12.1 Å². The number of carbonyl (C=O) groups excluding carboxylic acids is 2. The Morgan fingerprint density at radius 1 is 1.02 bits per heavy atom. The molecular weight excluding hydrogens is 592 g/mol. The number of aromatic nitrogens is 1. The largest absolute Gasteiger partial charge is 0.493 e. The maximum Gasteiger partial charge on any atom is 0.355 e.